The molecule has 0 saturated carbocycles. The van der Waals surface area contributed by atoms with Crippen molar-refractivity contribution >= 4 is 17.7 Å². The van der Waals surface area contributed by atoms with Crippen LogP contribution >= 0.6 is 0 Å². The standard InChI is InChI=1S/C10H19N3O3/c1-6(2)4-8(10(11)16)13-9(15)5-12-7(3)14/h6,8H,4-5H2,1-3H3,(H2,11,16)(H,12,14)(H,13,15). The van der Waals surface area contributed by atoms with E-state index in [0.717, 1.165) is 0 Å². The second kappa shape index (κ2) is 6.81. The first-order valence-electron chi connectivity index (χ1n) is 5.16. The molecule has 0 saturated heterocycles. The number of hydrogen-bond acceptors (Lipinski definition) is 3. The second-order valence-electron chi connectivity index (χ2n) is 4.06. The molecule has 0 aromatic rings. The van der Waals surface area contributed by atoms with Crippen LogP contribution in [-0.4, -0.2) is 30.3 Å². The topological polar surface area (TPSA) is 101 Å². The molecule has 0 fully saturated rings. The van der Waals surface area contributed by atoms with Crippen LogP contribution < -0.4 is 16.4 Å². The Morgan fingerprint density at radius 2 is 1.81 bits per heavy atom. The highest BCUT2D eigenvalue weighted by Crippen LogP contribution is 2.03. The average Bonchev–Trinajstić information content (AvgIpc) is 2.12. The lowest BCUT2D eigenvalue weighted by atomic mass is 10.0. The Hall–Kier alpha value is -1.59. The molecule has 3 amide bonds. The Morgan fingerprint density at radius 1 is 1.25 bits per heavy atom. The summed E-state index contributed by atoms with van der Waals surface area (Å²) in [7, 11) is 0. The highest BCUT2D eigenvalue weighted by atomic mass is 16.2. The van der Waals surface area contributed by atoms with Crippen molar-refractivity contribution in [3.05, 3.63) is 0 Å². The second-order valence-corrected chi connectivity index (χ2v) is 4.06. The molecule has 0 heterocycles. The summed E-state index contributed by atoms with van der Waals surface area (Å²) in [6.45, 7) is 5.02. The molecule has 92 valence electrons. The van der Waals surface area contributed by atoms with E-state index in [-0.39, 0.29) is 18.4 Å². The van der Waals surface area contributed by atoms with Gasteiger partial charge in [0.05, 0.1) is 6.54 Å². The minimum atomic E-state index is -0.679. The number of primary amides is 1. The van der Waals surface area contributed by atoms with E-state index in [9.17, 15) is 14.4 Å². The summed E-state index contributed by atoms with van der Waals surface area (Å²) >= 11 is 0. The van der Waals surface area contributed by atoms with E-state index in [4.69, 9.17) is 5.73 Å². The first-order valence-corrected chi connectivity index (χ1v) is 5.16. The van der Waals surface area contributed by atoms with Crippen LogP contribution in [0.5, 0.6) is 0 Å². The lowest BCUT2D eigenvalue weighted by Gasteiger charge is -2.17. The van der Waals surface area contributed by atoms with Crippen molar-refractivity contribution in [3.63, 3.8) is 0 Å². The fraction of sp³-hybridized carbons (Fsp3) is 0.700. The third kappa shape index (κ3) is 6.80. The first kappa shape index (κ1) is 14.4. The predicted molar refractivity (Wildman–Crippen MR) is 59.3 cm³/mol. The quantitative estimate of drug-likeness (QED) is 0.552. The van der Waals surface area contributed by atoms with Crippen molar-refractivity contribution in [2.75, 3.05) is 6.54 Å². The monoisotopic (exact) mass is 229 g/mol. The average molecular weight is 229 g/mol. The molecular weight excluding hydrogens is 210 g/mol. The molecular formula is C10H19N3O3. The van der Waals surface area contributed by atoms with E-state index >= 15 is 0 Å². The first-order chi connectivity index (χ1) is 7.32. The largest absolute Gasteiger partial charge is 0.368 e. The van der Waals surface area contributed by atoms with Gasteiger partial charge in [0.15, 0.2) is 0 Å². The van der Waals surface area contributed by atoms with Crippen LogP contribution in [0.4, 0.5) is 0 Å². The fourth-order valence-corrected chi connectivity index (χ4v) is 1.17. The number of nitrogens with one attached hydrogen (secondary N) is 2. The van der Waals surface area contributed by atoms with Gasteiger partial charge in [-0.1, -0.05) is 13.8 Å². The SMILES string of the molecule is CC(=O)NCC(=O)NC(CC(C)C)C(N)=O. The van der Waals surface area contributed by atoms with Gasteiger partial charge in [0.2, 0.25) is 17.7 Å². The Morgan fingerprint density at radius 3 is 2.19 bits per heavy atom. The van der Waals surface area contributed by atoms with Crippen LogP contribution in [0, 0.1) is 5.92 Å². The van der Waals surface area contributed by atoms with E-state index in [0.29, 0.717) is 6.42 Å². The summed E-state index contributed by atoms with van der Waals surface area (Å²) in [4.78, 5) is 32.9. The van der Waals surface area contributed by atoms with Crippen LogP contribution in [-0.2, 0) is 14.4 Å². The maximum Gasteiger partial charge on any atom is 0.240 e. The molecule has 1 atom stereocenters. The third-order valence-electron chi connectivity index (χ3n) is 1.88. The normalized spacial score (nSPS) is 12.0. The summed E-state index contributed by atoms with van der Waals surface area (Å²) in [5, 5.41) is 4.81. The van der Waals surface area contributed by atoms with Gasteiger partial charge in [-0.15, -0.1) is 0 Å². The molecule has 1 unspecified atom stereocenters. The highest BCUT2D eigenvalue weighted by molar-refractivity contribution is 5.89. The van der Waals surface area contributed by atoms with Crippen molar-refractivity contribution in [1.82, 2.24) is 10.6 Å². The molecule has 0 spiro atoms. The van der Waals surface area contributed by atoms with Crippen LogP contribution in [0.15, 0.2) is 0 Å². The molecule has 0 aliphatic carbocycles. The van der Waals surface area contributed by atoms with E-state index < -0.39 is 17.9 Å². The van der Waals surface area contributed by atoms with E-state index in [1.165, 1.54) is 6.92 Å². The van der Waals surface area contributed by atoms with Gasteiger partial charge < -0.3 is 16.4 Å². The van der Waals surface area contributed by atoms with Crippen LogP contribution in [0.1, 0.15) is 27.2 Å². The smallest absolute Gasteiger partial charge is 0.240 e. The minimum absolute atomic E-state index is 0.142. The molecule has 0 aromatic carbocycles. The summed E-state index contributed by atoms with van der Waals surface area (Å²) < 4.78 is 0. The highest BCUT2D eigenvalue weighted by Gasteiger charge is 2.18. The van der Waals surface area contributed by atoms with Gasteiger partial charge >= 0.3 is 0 Å². The van der Waals surface area contributed by atoms with Gasteiger partial charge in [0, 0.05) is 6.92 Å². The number of nitrogens with two attached hydrogens (primary N) is 1. The lowest BCUT2D eigenvalue weighted by Crippen LogP contribution is -2.48. The van der Waals surface area contributed by atoms with Crippen molar-refractivity contribution in [1.29, 1.82) is 0 Å². The van der Waals surface area contributed by atoms with Crippen molar-refractivity contribution in [2.24, 2.45) is 11.7 Å². The molecule has 0 aliphatic rings. The van der Waals surface area contributed by atoms with E-state index in [1.807, 2.05) is 13.8 Å². The zero-order valence-electron chi connectivity index (χ0n) is 9.87. The van der Waals surface area contributed by atoms with Crippen LogP contribution in [0.25, 0.3) is 0 Å². The number of carbonyl (C=O) groups excluding carboxylic acids is 3. The number of rotatable bonds is 6. The zero-order valence-corrected chi connectivity index (χ0v) is 9.87. The summed E-state index contributed by atoms with van der Waals surface area (Å²) in [5.41, 5.74) is 5.15. The summed E-state index contributed by atoms with van der Waals surface area (Å²) in [6, 6.07) is -0.679. The minimum Gasteiger partial charge on any atom is -0.368 e. The van der Waals surface area contributed by atoms with Crippen molar-refractivity contribution < 1.29 is 14.4 Å². The Balaban J connectivity index is 4.13. The zero-order chi connectivity index (χ0) is 12.7. The van der Waals surface area contributed by atoms with E-state index in [1.54, 1.807) is 0 Å². The molecule has 6 nitrogen and oxygen atoms in total. The summed E-state index contributed by atoms with van der Waals surface area (Å²) in [5.74, 6) is -1.03. The maximum absolute atomic E-state index is 11.3. The third-order valence-corrected chi connectivity index (χ3v) is 1.88. The van der Waals surface area contributed by atoms with E-state index in [2.05, 4.69) is 10.6 Å². The molecule has 16 heavy (non-hydrogen) atoms. The maximum atomic E-state index is 11.3. The van der Waals surface area contributed by atoms with Crippen molar-refractivity contribution in [3.8, 4) is 0 Å². The van der Waals surface area contributed by atoms with Gasteiger partial charge in [-0.2, -0.15) is 0 Å². The number of amides is 3. The fourth-order valence-electron chi connectivity index (χ4n) is 1.17. The summed E-state index contributed by atoms with van der Waals surface area (Å²) in [6.07, 6.45) is 0.487. The van der Waals surface area contributed by atoms with Crippen LogP contribution in [0.3, 0.4) is 0 Å². The molecule has 0 rings (SSSR count). The number of hydrogen-bond donors (Lipinski definition) is 3. The Kier molecular flexibility index (Phi) is 6.14. The molecule has 6 heteroatoms. The molecule has 0 aliphatic heterocycles. The van der Waals surface area contributed by atoms with Crippen molar-refractivity contribution in [2.45, 2.75) is 33.2 Å². The molecule has 0 bridgehead atoms. The van der Waals surface area contributed by atoms with Gasteiger partial charge in [-0.05, 0) is 12.3 Å². The molecule has 0 aromatic heterocycles. The predicted octanol–water partition coefficient (Wildman–Crippen LogP) is -0.861. The Labute approximate surface area is 94.9 Å². The Bertz CT molecular complexity index is 276. The number of carbonyl (C=O) groups is 3. The van der Waals surface area contributed by atoms with Gasteiger partial charge in [-0.3, -0.25) is 14.4 Å². The van der Waals surface area contributed by atoms with Gasteiger partial charge in [0.1, 0.15) is 6.04 Å². The molecule has 4 N–H and O–H groups in total. The molecule has 0 radical (unpaired) electrons. The van der Waals surface area contributed by atoms with Gasteiger partial charge in [-0.25, -0.2) is 0 Å². The van der Waals surface area contributed by atoms with Gasteiger partial charge in [0.25, 0.3) is 0 Å². The lowest BCUT2D eigenvalue weighted by molar-refractivity contribution is -0.128. The van der Waals surface area contributed by atoms with Crippen LogP contribution in [0.2, 0.25) is 0 Å².